The van der Waals surface area contributed by atoms with Gasteiger partial charge < -0.3 is 10.1 Å². The molecule has 0 radical (unpaired) electrons. The van der Waals surface area contributed by atoms with Gasteiger partial charge in [0.2, 0.25) is 10.0 Å². The van der Waals surface area contributed by atoms with Gasteiger partial charge in [-0.05, 0) is 25.1 Å². The van der Waals surface area contributed by atoms with Crippen LogP contribution in [0.15, 0.2) is 29.2 Å². The Morgan fingerprint density at radius 3 is 2.73 bits per heavy atom. The summed E-state index contributed by atoms with van der Waals surface area (Å²) in [5, 5.41) is 7.94. The summed E-state index contributed by atoms with van der Waals surface area (Å²) in [6.07, 6.45) is 0. The number of nitrogens with zero attached hydrogens (tertiary/aromatic N) is 1. The van der Waals surface area contributed by atoms with Crippen molar-refractivity contribution < 1.29 is 17.9 Å². The Morgan fingerprint density at radius 1 is 1.41 bits per heavy atom. The molecular weight excluding hydrogens is 306 g/mol. The van der Waals surface area contributed by atoms with E-state index in [0.717, 1.165) is 19.6 Å². The molecule has 1 heterocycles. The molecule has 7 nitrogen and oxygen atoms in total. The molecule has 1 saturated heterocycles. The number of hydrogen-bond donors (Lipinski definition) is 2. The Kier molecular flexibility index (Phi) is 5.52. The smallest absolute Gasteiger partial charge is 0.251 e. The van der Waals surface area contributed by atoms with Crippen LogP contribution in [0.4, 0.5) is 0 Å². The molecule has 2 rings (SSSR count). The third kappa shape index (κ3) is 4.77. The van der Waals surface area contributed by atoms with Gasteiger partial charge in [0.05, 0.1) is 18.1 Å². The molecule has 3 N–H and O–H groups in total. The van der Waals surface area contributed by atoms with E-state index in [1.807, 2.05) is 6.92 Å². The van der Waals surface area contributed by atoms with E-state index < -0.39 is 10.0 Å². The van der Waals surface area contributed by atoms with Crippen LogP contribution in [0.2, 0.25) is 0 Å². The van der Waals surface area contributed by atoms with Crippen molar-refractivity contribution in [1.82, 2.24) is 10.2 Å². The predicted octanol–water partition coefficient (Wildman–Crippen LogP) is -0.215. The summed E-state index contributed by atoms with van der Waals surface area (Å²) in [6, 6.07) is 5.66. The molecule has 1 amide bonds. The minimum Gasteiger partial charge on any atom is -0.379 e. The van der Waals surface area contributed by atoms with Crippen molar-refractivity contribution in [2.75, 3.05) is 32.8 Å². The molecule has 0 spiro atoms. The van der Waals surface area contributed by atoms with E-state index in [4.69, 9.17) is 9.88 Å². The first-order chi connectivity index (χ1) is 10.4. The SMILES string of the molecule is C[C@H](CN1CCOCC1)NC(=O)c1cccc(S(N)(=O)=O)c1. The molecule has 22 heavy (non-hydrogen) atoms. The lowest BCUT2D eigenvalue weighted by Crippen LogP contribution is -2.46. The van der Waals surface area contributed by atoms with Gasteiger partial charge in [-0.1, -0.05) is 6.07 Å². The molecule has 1 atom stereocenters. The molecule has 0 aromatic heterocycles. The Morgan fingerprint density at radius 2 is 2.09 bits per heavy atom. The molecule has 1 aliphatic rings. The van der Waals surface area contributed by atoms with E-state index in [9.17, 15) is 13.2 Å². The second-order valence-corrected chi connectivity index (χ2v) is 6.92. The summed E-state index contributed by atoms with van der Waals surface area (Å²) >= 11 is 0. The summed E-state index contributed by atoms with van der Waals surface area (Å²) in [5.41, 5.74) is 0.278. The Bertz CT molecular complexity index is 627. The number of sulfonamides is 1. The second kappa shape index (κ2) is 7.19. The fraction of sp³-hybridized carbons (Fsp3) is 0.500. The fourth-order valence-electron chi connectivity index (χ4n) is 2.34. The fourth-order valence-corrected chi connectivity index (χ4v) is 2.90. The van der Waals surface area contributed by atoms with Gasteiger partial charge in [-0.3, -0.25) is 9.69 Å². The van der Waals surface area contributed by atoms with Crippen molar-refractivity contribution in [1.29, 1.82) is 0 Å². The van der Waals surface area contributed by atoms with Crippen molar-refractivity contribution in [3.63, 3.8) is 0 Å². The van der Waals surface area contributed by atoms with Crippen LogP contribution in [0.25, 0.3) is 0 Å². The number of amides is 1. The highest BCUT2D eigenvalue weighted by Gasteiger charge is 2.17. The summed E-state index contributed by atoms with van der Waals surface area (Å²) in [7, 11) is -3.81. The van der Waals surface area contributed by atoms with Crippen LogP contribution in [0.5, 0.6) is 0 Å². The number of nitrogens with two attached hydrogens (primary N) is 1. The van der Waals surface area contributed by atoms with E-state index in [-0.39, 0.29) is 22.4 Å². The van der Waals surface area contributed by atoms with Gasteiger partial charge in [-0.25, -0.2) is 13.6 Å². The first-order valence-electron chi connectivity index (χ1n) is 7.10. The molecule has 1 fully saturated rings. The van der Waals surface area contributed by atoms with Crippen molar-refractivity contribution >= 4 is 15.9 Å². The summed E-state index contributed by atoms with van der Waals surface area (Å²) in [4.78, 5) is 14.3. The lowest BCUT2D eigenvalue weighted by Gasteiger charge is -2.29. The molecule has 1 aliphatic heterocycles. The van der Waals surface area contributed by atoms with Crippen LogP contribution >= 0.6 is 0 Å². The first-order valence-corrected chi connectivity index (χ1v) is 8.65. The Balaban J connectivity index is 1.96. The first kappa shape index (κ1) is 16.9. The third-order valence-corrected chi connectivity index (χ3v) is 4.35. The number of morpholine rings is 1. The van der Waals surface area contributed by atoms with Crippen LogP contribution in [0.3, 0.4) is 0 Å². The van der Waals surface area contributed by atoms with E-state index in [1.54, 1.807) is 6.07 Å². The van der Waals surface area contributed by atoms with Crippen molar-refractivity contribution in [2.24, 2.45) is 5.14 Å². The highest BCUT2D eigenvalue weighted by atomic mass is 32.2. The number of ether oxygens (including phenoxy) is 1. The molecule has 0 saturated carbocycles. The van der Waals surface area contributed by atoms with Crippen LogP contribution in [-0.4, -0.2) is 58.1 Å². The number of benzene rings is 1. The number of primary sulfonamides is 1. The van der Waals surface area contributed by atoms with Crippen molar-refractivity contribution in [2.45, 2.75) is 17.9 Å². The lowest BCUT2D eigenvalue weighted by atomic mass is 10.2. The predicted molar refractivity (Wildman–Crippen MR) is 82.0 cm³/mol. The van der Waals surface area contributed by atoms with Gasteiger partial charge in [0.25, 0.3) is 5.91 Å². The maximum Gasteiger partial charge on any atom is 0.251 e. The van der Waals surface area contributed by atoms with Gasteiger partial charge in [0.1, 0.15) is 0 Å². The minimum absolute atomic E-state index is 0.0521. The average molecular weight is 327 g/mol. The molecule has 122 valence electrons. The molecule has 8 heteroatoms. The maximum atomic E-state index is 12.2. The topological polar surface area (TPSA) is 102 Å². The zero-order valence-electron chi connectivity index (χ0n) is 12.5. The highest BCUT2D eigenvalue weighted by molar-refractivity contribution is 7.89. The molecule has 0 aliphatic carbocycles. The van der Waals surface area contributed by atoms with Gasteiger partial charge in [0, 0.05) is 31.2 Å². The Labute approximate surface area is 130 Å². The maximum absolute atomic E-state index is 12.2. The normalized spacial score (nSPS) is 17.9. The highest BCUT2D eigenvalue weighted by Crippen LogP contribution is 2.10. The lowest BCUT2D eigenvalue weighted by molar-refractivity contribution is 0.0342. The quantitative estimate of drug-likeness (QED) is 0.779. The van der Waals surface area contributed by atoms with E-state index in [0.29, 0.717) is 13.2 Å². The van der Waals surface area contributed by atoms with E-state index in [1.165, 1.54) is 18.2 Å². The second-order valence-electron chi connectivity index (χ2n) is 5.36. The number of nitrogens with one attached hydrogen (secondary N) is 1. The van der Waals surface area contributed by atoms with Gasteiger partial charge >= 0.3 is 0 Å². The number of rotatable bonds is 5. The van der Waals surface area contributed by atoms with Crippen LogP contribution in [-0.2, 0) is 14.8 Å². The number of carbonyl (C=O) groups is 1. The molecule has 1 aromatic rings. The summed E-state index contributed by atoms with van der Waals surface area (Å²) < 4.78 is 27.9. The van der Waals surface area contributed by atoms with Gasteiger partial charge in [0.15, 0.2) is 0 Å². The minimum atomic E-state index is -3.81. The number of carbonyl (C=O) groups excluding carboxylic acids is 1. The van der Waals surface area contributed by atoms with Crippen molar-refractivity contribution in [3.05, 3.63) is 29.8 Å². The van der Waals surface area contributed by atoms with E-state index in [2.05, 4.69) is 10.2 Å². The van der Waals surface area contributed by atoms with Crippen molar-refractivity contribution in [3.8, 4) is 0 Å². The molecular formula is C14H21N3O4S. The molecule has 0 unspecified atom stereocenters. The average Bonchev–Trinajstić information content (AvgIpc) is 2.47. The van der Waals surface area contributed by atoms with Gasteiger partial charge in [-0.2, -0.15) is 0 Å². The van der Waals surface area contributed by atoms with E-state index >= 15 is 0 Å². The zero-order chi connectivity index (χ0) is 16.2. The van der Waals surface area contributed by atoms with Gasteiger partial charge in [-0.15, -0.1) is 0 Å². The number of hydrogen-bond acceptors (Lipinski definition) is 5. The molecule has 1 aromatic carbocycles. The standard InChI is InChI=1S/C14H21N3O4S/c1-11(10-17-5-7-21-8-6-17)16-14(18)12-3-2-4-13(9-12)22(15,19)20/h2-4,9,11H,5-8,10H2,1H3,(H,16,18)(H2,15,19,20)/t11-/m1/s1. The summed E-state index contributed by atoms with van der Waals surface area (Å²) in [6.45, 7) is 5.75. The third-order valence-electron chi connectivity index (χ3n) is 3.44. The van der Waals surface area contributed by atoms with Crippen LogP contribution in [0, 0.1) is 0 Å². The molecule has 0 bridgehead atoms. The summed E-state index contributed by atoms with van der Waals surface area (Å²) in [5.74, 6) is -0.314. The zero-order valence-corrected chi connectivity index (χ0v) is 13.3. The Hall–Kier alpha value is -1.48. The monoisotopic (exact) mass is 327 g/mol. The van der Waals surface area contributed by atoms with Crippen LogP contribution < -0.4 is 10.5 Å². The largest absolute Gasteiger partial charge is 0.379 e. The van der Waals surface area contributed by atoms with Crippen LogP contribution in [0.1, 0.15) is 17.3 Å².